The monoisotopic (exact) mass is 596 g/mol. The fourth-order valence-electron chi connectivity index (χ4n) is 5.21. The lowest BCUT2D eigenvalue weighted by atomic mass is 10.0. The van der Waals surface area contributed by atoms with Gasteiger partial charge in [0.25, 0.3) is 17.5 Å². The third kappa shape index (κ3) is 6.17. The minimum Gasteiger partial charge on any atom is -0.496 e. The number of non-ortho nitro benzene ring substituents is 1. The van der Waals surface area contributed by atoms with E-state index in [1.807, 2.05) is 36.4 Å². The van der Waals surface area contributed by atoms with Crippen LogP contribution in [-0.2, 0) is 16.1 Å². The van der Waals surface area contributed by atoms with Crippen molar-refractivity contribution in [3.8, 4) is 5.75 Å². The van der Waals surface area contributed by atoms with Crippen molar-refractivity contribution < 1.29 is 28.8 Å². The van der Waals surface area contributed by atoms with Crippen LogP contribution in [0.1, 0.15) is 36.7 Å². The third-order valence-electron chi connectivity index (χ3n) is 7.19. The van der Waals surface area contributed by atoms with Gasteiger partial charge in [-0.2, -0.15) is 0 Å². The second-order valence-electron chi connectivity index (χ2n) is 11.3. The summed E-state index contributed by atoms with van der Waals surface area (Å²) in [6.07, 6.45) is -0.813. The number of ether oxygens (including phenoxy) is 2. The largest absolute Gasteiger partial charge is 0.496 e. The first-order valence-corrected chi connectivity index (χ1v) is 14.0. The van der Waals surface area contributed by atoms with Crippen molar-refractivity contribution >= 4 is 45.7 Å². The number of amides is 3. The number of nitrogens with one attached hydrogen (secondary N) is 1. The molecule has 5 rings (SSSR count). The van der Waals surface area contributed by atoms with Crippen LogP contribution in [-0.4, -0.2) is 48.1 Å². The average molecular weight is 597 g/mol. The van der Waals surface area contributed by atoms with Gasteiger partial charge >= 0.3 is 6.09 Å². The van der Waals surface area contributed by atoms with E-state index in [-0.39, 0.29) is 24.3 Å². The lowest BCUT2D eigenvalue weighted by Crippen LogP contribution is -2.53. The maximum Gasteiger partial charge on any atom is 0.408 e. The number of nitro benzene ring substituents is 1. The van der Waals surface area contributed by atoms with Gasteiger partial charge in [-0.05, 0) is 61.9 Å². The fraction of sp³-hybridized carbons (Fsp3) is 0.242. The molecule has 4 aromatic rings. The quantitative estimate of drug-likeness (QED) is 0.218. The van der Waals surface area contributed by atoms with Crippen molar-refractivity contribution in [2.75, 3.05) is 23.5 Å². The van der Waals surface area contributed by atoms with E-state index >= 15 is 0 Å². The molecule has 0 saturated heterocycles. The molecule has 0 saturated carbocycles. The molecule has 0 aromatic heterocycles. The van der Waals surface area contributed by atoms with Gasteiger partial charge < -0.3 is 24.6 Å². The van der Waals surface area contributed by atoms with Gasteiger partial charge in [-0.3, -0.25) is 19.7 Å². The molecule has 11 nitrogen and oxygen atoms in total. The number of benzene rings is 4. The van der Waals surface area contributed by atoms with Gasteiger partial charge in [-0.1, -0.05) is 42.5 Å². The summed E-state index contributed by atoms with van der Waals surface area (Å²) in [6, 6.07) is 22.5. The Hall–Kier alpha value is -5.45. The standard InChI is InChI=1S/C33H32N4O7/c1-33(2,3)44-32(40)34-26-20-36(30(38)22-13-16-23(17-14-22)37(41)42)28-12-8-7-11-27(28)35(31(26)39)19-25-24-10-6-5-9-21(24)15-18-29(25)43-4/h5-18,26H,19-20H2,1-4H3,(H,34,40). The van der Waals surface area contributed by atoms with E-state index < -0.39 is 34.5 Å². The molecule has 0 fully saturated rings. The molecule has 3 amide bonds. The van der Waals surface area contributed by atoms with Crippen LogP contribution in [0.2, 0.25) is 0 Å². The van der Waals surface area contributed by atoms with Crippen LogP contribution in [0.4, 0.5) is 21.9 Å². The molecule has 1 unspecified atom stereocenters. The number of nitrogens with zero attached hydrogens (tertiary/aromatic N) is 3. The van der Waals surface area contributed by atoms with Crippen LogP contribution >= 0.6 is 0 Å². The summed E-state index contributed by atoms with van der Waals surface area (Å²) in [5, 5.41) is 15.7. The molecule has 44 heavy (non-hydrogen) atoms. The van der Waals surface area contributed by atoms with E-state index in [4.69, 9.17) is 9.47 Å². The first-order chi connectivity index (χ1) is 21.0. The van der Waals surface area contributed by atoms with Gasteiger partial charge in [0.05, 0.1) is 36.5 Å². The molecule has 1 heterocycles. The number of anilines is 2. The smallest absolute Gasteiger partial charge is 0.408 e. The number of methoxy groups -OCH3 is 1. The second-order valence-corrected chi connectivity index (χ2v) is 11.3. The molecular weight excluding hydrogens is 564 g/mol. The number of carbonyl (C=O) groups is 3. The van der Waals surface area contributed by atoms with Crippen molar-refractivity contribution in [3.63, 3.8) is 0 Å². The van der Waals surface area contributed by atoms with Crippen LogP contribution in [0.25, 0.3) is 10.8 Å². The van der Waals surface area contributed by atoms with Gasteiger partial charge in [0.1, 0.15) is 17.4 Å². The van der Waals surface area contributed by atoms with Crippen LogP contribution < -0.4 is 19.9 Å². The Kier molecular flexibility index (Phi) is 8.21. The van der Waals surface area contributed by atoms with E-state index in [1.54, 1.807) is 52.1 Å². The number of fused-ring (bicyclic) bond motifs is 2. The van der Waals surface area contributed by atoms with Gasteiger partial charge in [0, 0.05) is 23.3 Å². The highest BCUT2D eigenvalue weighted by Crippen LogP contribution is 2.37. The van der Waals surface area contributed by atoms with Crippen LogP contribution in [0.5, 0.6) is 5.75 Å². The molecule has 226 valence electrons. The Morgan fingerprint density at radius 3 is 2.27 bits per heavy atom. The Labute approximate surface area is 254 Å². The predicted molar refractivity (Wildman–Crippen MR) is 166 cm³/mol. The minimum absolute atomic E-state index is 0.0758. The molecule has 11 heteroatoms. The lowest BCUT2D eigenvalue weighted by molar-refractivity contribution is -0.384. The highest BCUT2D eigenvalue weighted by Gasteiger charge is 2.38. The Balaban J connectivity index is 1.62. The fourth-order valence-corrected chi connectivity index (χ4v) is 5.21. The minimum atomic E-state index is -1.19. The van der Waals surface area contributed by atoms with E-state index in [2.05, 4.69) is 5.32 Å². The van der Waals surface area contributed by atoms with Crippen molar-refractivity contribution in [2.24, 2.45) is 0 Å². The zero-order valence-corrected chi connectivity index (χ0v) is 24.8. The predicted octanol–water partition coefficient (Wildman–Crippen LogP) is 5.84. The summed E-state index contributed by atoms with van der Waals surface area (Å²) in [7, 11) is 1.56. The van der Waals surface area contributed by atoms with E-state index in [0.717, 1.165) is 16.3 Å². The van der Waals surface area contributed by atoms with E-state index in [0.29, 0.717) is 17.1 Å². The molecule has 1 atom stereocenters. The third-order valence-corrected chi connectivity index (χ3v) is 7.19. The summed E-state index contributed by atoms with van der Waals surface area (Å²) in [5.41, 5.74) is 0.809. The summed E-state index contributed by atoms with van der Waals surface area (Å²) in [6.45, 7) is 4.99. The normalized spacial score (nSPS) is 14.9. The van der Waals surface area contributed by atoms with Crippen LogP contribution in [0.3, 0.4) is 0 Å². The zero-order valence-electron chi connectivity index (χ0n) is 24.8. The number of para-hydroxylation sites is 2. The van der Waals surface area contributed by atoms with Crippen molar-refractivity contribution in [3.05, 3.63) is 106 Å². The Bertz CT molecular complexity index is 1750. The molecule has 0 spiro atoms. The molecule has 1 aliphatic heterocycles. The summed E-state index contributed by atoms with van der Waals surface area (Å²) in [5.74, 6) is -0.383. The number of alkyl carbamates (subject to hydrolysis) is 1. The highest BCUT2D eigenvalue weighted by molar-refractivity contribution is 6.12. The first kappa shape index (κ1) is 30.0. The SMILES string of the molecule is COc1ccc2ccccc2c1CN1C(=O)C(NC(=O)OC(C)(C)C)CN(C(=O)c2ccc([N+](=O)[O-])cc2)c2ccccc21. The zero-order chi connectivity index (χ0) is 31.6. The van der Waals surface area contributed by atoms with Gasteiger partial charge in [-0.15, -0.1) is 0 Å². The van der Waals surface area contributed by atoms with Crippen LogP contribution in [0.15, 0.2) is 84.9 Å². The molecule has 0 bridgehead atoms. The summed E-state index contributed by atoms with van der Waals surface area (Å²) in [4.78, 5) is 54.9. The molecule has 4 aromatic carbocycles. The van der Waals surface area contributed by atoms with Gasteiger partial charge in [-0.25, -0.2) is 4.79 Å². The molecule has 0 radical (unpaired) electrons. The highest BCUT2D eigenvalue weighted by atomic mass is 16.6. The lowest BCUT2D eigenvalue weighted by Gasteiger charge is -2.27. The van der Waals surface area contributed by atoms with E-state index in [1.165, 1.54) is 34.1 Å². The average Bonchev–Trinajstić information content (AvgIpc) is 3.10. The summed E-state index contributed by atoms with van der Waals surface area (Å²) < 4.78 is 11.2. The van der Waals surface area contributed by atoms with Crippen molar-refractivity contribution in [1.82, 2.24) is 5.32 Å². The number of hydrogen-bond acceptors (Lipinski definition) is 7. The first-order valence-electron chi connectivity index (χ1n) is 14.0. The number of carbonyl (C=O) groups excluding carboxylic acids is 3. The number of nitro groups is 1. The van der Waals surface area contributed by atoms with E-state index in [9.17, 15) is 24.5 Å². The number of rotatable bonds is 6. The Morgan fingerprint density at radius 1 is 0.955 bits per heavy atom. The molecular formula is C33H32N4O7. The second kappa shape index (κ2) is 12.0. The van der Waals surface area contributed by atoms with Crippen molar-refractivity contribution in [1.29, 1.82) is 0 Å². The molecule has 0 aliphatic carbocycles. The van der Waals surface area contributed by atoms with Crippen LogP contribution in [0, 0.1) is 10.1 Å². The van der Waals surface area contributed by atoms with Gasteiger partial charge in [0.15, 0.2) is 0 Å². The molecule has 1 aliphatic rings. The van der Waals surface area contributed by atoms with Crippen molar-refractivity contribution in [2.45, 2.75) is 39.0 Å². The molecule has 1 N–H and O–H groups in total. The maximum atomic E-state index is 14.4. The Morgan fingerprint density at radius 2 is 1.61 bits per heavy atom. The maximum absolute atomic E-state index is 14.4. The number of hydrogen-bond donors (Lipinski definition) is 1. The topological polar surface area (TPSA) is 131 Å². The summed E-state index contributed by atoms with van der Waals surface area (Å²) >= 11 is 0. The van der Waals surface area contributed by atoms with Gasteiger partial charge in [0.2, 0.25) is 0 Å².